The first-order valence-corrected chi connectivity index (χ1v) is 7.68. The van der Waals surface area contributed by atoms with Crippen molar-refractivity contribution in [1.29, 1.82) is 0 Å². The van der Waals surface area contributed by atoms with Gasteiger partial charge in [-0.05, 0) is 18.2 Å². The molecule has 3 aromatic rings. The van der Waals surface area contributed by atoms with Crippen LogP contribution in [-0.2, 0) is 10.9 Å². The van der Waals surface area contributed by atoms with E-state index in [0.29, 0.717) is 4.52 Å². The van der Waals surface area contributed by atoms with Gasteiger partial charge >= 0.3 is 6.18 Å². The van der Waals surface area contributed by atoms with Crippen molar-refractivity contribution in [2.75, 3.05) is 20.3 Å². The van der Waals surface area contributed by atoms with Crippen molar-refractivity contribution in [1.82, 2.24) is 19.9 Å². The van der Waals surface area contributed by atoms with E-state index in [1.807, 2.05) is 0 Å². The molecule has 0 radical (unpaired) electrons. The molecular weight excluding hydrogens is 377 g/mol. The first kappa shape index (κ1) is 18.2. The van der Waals surface area contributed by atoms with Crippen LogP contribution in [0.2, 0.25) is 5.02 Å². The first-order valence-electron chi connectivity index (χ1n) is 7.30. The van der Waals surface area contributed by atoms with Gasteiger partial charge in [0.2, 0.25) is 0 Å². The Hall–Kier alpha value is -2.59. The fraction of sp³-hybridized carbons (Fsp3) is 0.267. The first-order chi connectivity index (χ1) is 12.3. The minimum absolute atomic E-state index is 0.0806. The fourth-order valence-corrected chi connectivity index (χ4v) is 2.49. The lowest BCUT2D eigenvalue weighted by molar-refractivity contribution is -0.142. The predicted molar refractivity (Wildman–Crippen MR) is 84.9 cm³/mol. The average Bonchev–Trinajstić information content (AvgIpc) is 3.22. The van der Waals surface area contributed by atoms with Crippen molar-refractivity contribution in [2.45, 2.75) is 6.18 Å². The molecule has 0 saturated carbocycles. The summed E-state index contributed by atoms with van der Waals surface area (Å²) in [5, 5.41) is 5.86. The van der Waals surface area contributed by atoms with Gasteiger partial charge in [-0.3, -0.25) is 4.79 Å². The van der Waals surface area contributed by atoms with E-state index in [1.165, 1.54) is 25.5 Å². The number of amides is 1. The monoisotopic (exact) mass is 388 g/mol. The van der Waals surface area contributed by atoms with Crippen LogP contribution < -0.4 is 5.32 Å². The molecule has 0 saturated heterocycles. The van der Waals surface area contributed by atoms with Crippen LogP contribution in [0, 0.1) is 0 Å². The number of carbonyl (C=O) groups is 1. The maximum atomic E-state index is 13.5. The summed E-state index contributed by atoms with van der Waals surface area (Å²) in [5.74, 6) is -0.605. The number of hydrogen-bond donors (Lipinski definition) is 1. The number of rotatable bonds is 5. The highest BCUT2D eigenvalue weighted by Crippen LogP contribution is 2.34. The largest absolute Gasteiger partial charge is 0.463 e. The molecule has 0 atom stereocenters. The van der Waals surface area contributed by atoms with Crippen LogP contribution in [-0.4, -0.2) is 40.8 Å². The lowest BCUT2D eigenvalue weighted by atomic mass is 10.2. The van der Waals surface area contributed by atoms with Gasteiger partial charge in [0.05, 0.1) is 12.9 Å². The van der Waals surface area contributed by atoms with E-state index >= 15 is 0 Å². The molecule has 0 aliphatic heterocycles. The number of methoxy groups -OCH3 is 1. The van der Waals surface area contributed by atoms with E-state index < -0.39 is 17.8 Å². The van der Waals surface area contributed by atoms with Crippen LogP contribution in [0.25, 0.3) is 17.1 Å². The van der Waals surface area contributed by atoms with Crippen molar-refractivity contribution in [2.24, 2.45) is 0 Å². The lowest BCUT2D eigenvalue weighted by Gasteiger charge is -2.09. The second-order valence-corrected chi connectivity index (χ2v) is 5.53. The Morgan fingerprint density at radius 1 is 1.46 bits per heavy atom. The average molecular weight is 389 g/mol. The van der Waals surface area contributed by atoms with Gasteiger partial charge in [-0.2, -0.15) is 18.3 Å². The van der Waals surface area contributed by atoms with E-state index in [-0.39, 0.29) is 41.0 Å². The molecule has 3 heterocycles. The predicted octanol–water partition coefficient (Wildman–Crippen LogP) is 3.04. The van der Waals surface area contributed by atoms with E-state index in [9.17, 15) is 18.0 Å². The molecule has 3 aromatic heterocycles. The number of nitrogens with one attached hydrogen (secondary N) is 1. The Bertz CT molecular complexity index is 938. The third-order valence-corrected chi connectivity index (χ3v) is 3.75. The summed E-state index contributed by atoms with van der Waals surface area (Å²) in [4.78, 5) is 16.2. The zero-order valence-corrected chi connectivity index (χ0v) is 14.1. The molecule has 1 amide bonds. The second-order valence-electron chi connectivity index (χ2n) is 5.15. The highest BCUT2D eigenvalue weighted by Gasteiger charge is 2.37. The molecule has 138 valence electrons. The number of aromatic nitrogens is 3. The molecule has 0 aliphatic rings. The van der Waals surface area contributed by atoms with E-state index in [4.69, 9.17) is 20.8 Å². The number of alkyl halides is 3. The van der Waals surface area contributed by atoms with Crippen LogP contribution in [0.15, 0.2) is 28.9 Å². The molecule has 26 heavy (non-hydrogen) atoms. The number of fused-ring (bicyclic) bond motifs is 1. The van der Waals surface area contributed by atoms with Crippen LogP contribution in [0.4, 0.5) is 13.2 Å². The molecular formula is C15H12ClF3N4O3. The zero-order chi connectivity index (χ0) is 18.9. The van der Waals surface area contributed by atoms with Crippen LogP contribution in [0.1, 0.15) is 16.2 Å². The fourth-order valence-electron chi connectivity index (χ4n) is 2.24. The molecule has 0 bridgehead atoms. The number of furan rings is 1. The van der Waals surface area contributed by atoms with Crippen LogP contribution in [0.3, 0.4) is 0 Å². The maximum Gasteiger partial charge on any atom is 0.433 e. The van der Waals surface area contributed by atoms with Crippen molar-refractivity contribution >= 4 is 23.2 Å². The Morgan fingerprint density at radius 2 is 2.23 bits per heavy atom. The number of halogens is 4. The highest BCUT2D eigenvalue weighted by molar-refractivity contribution is 6.36. The quantitative estimate of drug-likeness (QED) is 0.679. The summed E-state index contributed by atoms with van der Waals surface area (Å²) in [6.07, 6.45) is -3.44. The minimum atomic E-state index is -4.75. The molecule has 0 fully saturated rings. The minimum Gasteiger partial charge on any atom is -0.463 e. The molecule has 0 aromatic carbocycles. The van der Waals surface area contributed by atoms with Crippen molar-refractivity contribution < 1.29 is 27.1 Å². The van der Waals surface area contributed by atoms with Crippen molar-refractivity contribution in [3.05, 3.63) is 40.9 Å². The summed E-state index contributed by atoms with van der Waals surface area (Å²) < 4.78 is 50.7. The Balaban J connectivity index is 2.14. The van der Waals surface area contributed by atoms with Gasteiger partial charge < -0.3 is 14.5 Å². The van der Waals surface area contributed by atoms with Crippen molar-refractivity contribution in [3.8, 4) is 11.5 Å². The van der Waals surface area contributed by atoms with Crippen LogP contribution in [0.5, 0.6) is 0 Å². The summed E-state index contributed by atoms with van der Waals surface area (Å²) in [6, 6.07) is 3.75. The molecule has 3 rings (SSSR count). The molecule has 0 unspecified atom stereocenters. The summed E-state index contributed by atoms with van der Waals surface area (Å²) in [5.41, 5.74) is -1.88. The zero-order valence-electron chi connectivity index (χ0n) is 13.3. The summed E-state index contributed by atoms with van der Waals surface area (Å²) in [7, 11) is 1.44. The Labute approximate surface area is 149 Å². The number of ether oxygens (including phenoxy) is 1. The Kier molecular flexibility index (Phi) is 4.88. The Morgan fingerprint density at radius 3 is 2.85 bits per heavy atom. The summed E-state index contributed by atoms with van der Waals surface area (Å²) in [6.45, 7) is 0.377. The van der Waals surface area contributed by atoms with Gasteiger partial charge in [0.1, 0.15) is 10.7 Å². The van der Waals surface area contributed by atoms with Crippen molar-refractivity contribution in [3.63, 3.8) is 0 Å². The van der Waals surface area contributed by atoms with E-state index in [0.717, 1.165) is 6.07 Å². The van der Waals surface area contributed by atoms with Gasteiger partial charge in [-0.25, -0.2) is 9.50 Å². The van der Waals surface area contributed by atoms with E-state index in [2.05, 4.69) is 15.4 Å². The third-order valence-electron chi connectivity index (χ3n) is 3.40. The number of hydrogen-bond acceptors (Lipinski definition) is 5. The molecule has 7 nitrogen and oxygen atoms in total. The third kappa shape index (κ3) is 3.37. The van der Waals surface area contributed by atoms with Crippen LogP contribution >= 0.6 is 11.6 Å². The summed E-state index contributed by atoms with van der Waals surface area (Å²) >= 11 is 6.08. The molecule has 0 aliphatic carbocycles. The molecule has 0 spiro atoms. The van der Waals surface area contributed by atoms with Gasteiger partial charge in [0, 0.05) is 13.7 Å². The van der Waals surface area contributed by atoms with Gasteiger partial charge in [0.15, 0.2) is 22.8 Å². The topological polar surface area (TPSA) is 81.7 Å². The maximum absolute atomic E-state index is 13.5. The number of carbonyl (C=O) groups excluding carboxylic acids is 1. The molecule has 11 heteroatoms. The van der Waals surface area contributed by atoms with Gasteiger partial charge in [-0.1, -0.05) is 11.6 Å². The SMILES string of the molecule is COCCNC(=O)c1nn2c(C(F)(F)F)cc(-c3ccco3)nc2c1Cl. The van der Waals surface area contributed by atoms with E-state index in [1.54, 1.807) is 0 Å². The van der Waals surface area contributed by atoms with Gasteiger partial charge in [-0.15, -0.1) is 0 Å². The normalized spacial score (nSPS) is 11.9. The smallest absolute Gasteiger partial charge is 0.433 e. The van der Waals surface area contributed by atoms with Gasteiger partial charge in [0.25, 0.3) is 5.91 Å². The highest BCUT2D eigenvalue weighted by atomic mass is 35.5. The lowest BCUT2D eigenvalue weighted by Crippen LogP contribution is -2.27. The molecule has 1 N–H and O–H groups in total. The standard InChI is InChI=1S/C15H12ClF3N4O3/c1-25-6-4-20-14(24)12-11(16)13-21-8(9-3-2-5-26-9)7-10(15(17,18)19)23(13)22-12/h2-3,5,7H,4,6H2,1H3,(H,20,24). The second kappa shape index (κ2) is 6.96. The number of nitrogens with zero attached hydrogens (tertiary/aromatic N) is 3.